The number of nitriles is 1. The fourth-order valence-corrected chi connectivity index (χ4v) is 4.37. The van der Waals surface area contributed by atoms with Crippen molar-refractivity contribution in [2.75, 3.05) is 13.1 Å². The molecule has 0 amide bonds. The maximum absolute atomic E-state index is 9.05. The van der Waals surface area contributed by atoms with E-state index in [2.05, 4.69) is 40.2 Å². The summed E-state index contributed by atoms with van der Waals surface area (Å²) in [5.74, 6) is 0. The van der Waals surface area contributed by atoms with Gasteiger partial charge in [0.25, 0.3) is 0 Å². The Morgan fingerprint density at radius 1 is 1.08 bits per heavy atom. The van der Waals surface area contributed by atoms with Crippen LogP contribution in [0.3, 0.4) is 0 Å². The van der Waals surface area contributed by atoms with E-state index in [1.165, 1.54) is 52.9 Å². The topological polar surface area (TPSA) is 39.9 Å². The molecule has 2 aromatic heterocycles. The molecule has 4 rings (SSSR count). The first-order chi connectivity index (χ1) is 11.8. The predicted molar refractivity (Wildman–Crippen MR) is 98.9 cm³/mol. The highest BCUT2D eigenvalue weighted by Crippen LogP contribution is 2.34. The van der Waals surface area contributed by atoms with Gasteiger partial charge in [0.15, 0.2) is 0 Å². The Morgan fingerprint density at radius 3 is 2.79 bits per heavy atom. The first kappa shape index (κ1) is 15.3. The third-order valence-corrected chi connectivity index (χ3v) is 5.75. The van der Waals surface area contributed by atoms with Crippen LogP contribution in [0.1, 0.15) is 30.4 Å². The van der Waals surface area contributed by atoms with Gasteiger partial charge in [0.1, 0.15) is 6.07 Å². The normalized spacial score (nSPS) is 15.5. The zero-order chi connectivity index (χ0) is 16.4. The van der Waals surface area contributed by atoms with E-state index < -0.39 is 0 Å². The second kappa shape index (κ2) is 6.72. The minimum atomic E-state index is 0.607. The molecule has 0 unspecified atom stereocenters. The van der Waals surface area contributed by atoms with Crippen LogP contribution in [0.4, 0.5) is 0 Å². The van der Waals surface area contributed by atoms with Crippen LogP contribution in [0.15, 0.2) is 42.7 Å². The number of aromatic nitrogens is 1. The van der Waals surface area contributed by atoms with Crippen molar-refractivity contribution in [2.24, 2.45) is 0 Å². The summed E-state index contributed by atoms with van der Waals surface area (Å²) < 4.78 is 1.29. The Bertz CT molecular complexity index is 901. The van der Waals surface area contributed by atoms with Crippen LogP contribution < -0.4 is 0 Å². The minimum absolute atomic E-state index is 0.607. The lowest BCUT2D eigenvalue weighted by molar-refractivity contribution is 0.221. The van der Waals surface area contributed by atoms with E-state index >= 15 is 0 Å². The largest absolute Gasteiger partial charge is 0.299 e. The van der Waals surface area contributed by atoms with Crippen LogP contribution in [-0.4, -0.2) is 23.0 Å². The van der Waals surface area contributed by atoms with Gasteiger partial charge < -0.3 is 0 Å². The Kier molecular flexibility index (Phi) is 4.29. The maximum atomic E-state index is 9.05. The quantitative estimate of drug-likeness (QED) is 0.690. The van der Waals surface area contributed by atoms with Gasteiger partial charge in [-0.25, -0.2) is 0 Å². The number of pyridine rings is 1. The average molecular weight is 333 g/mol. The molecular weight excluding hydrogens is 314 g/mol. The summed E-state index contributed by atoms with van der Waals surface area (Å²) in [5, 5.41) is 10.3. The maximum Gasteiger partial charge on any atom is 0.101 e. The lowest BCUT2D eigenvalue weighted by Gasteiger charge is -2.26. The molecule has 1 aliphatic rings. The molecule has 120 valence electrons. The molecule has 0 spiro atoms. The van der Waals surface area contributed by atoms with Crippen LogP contribution in [0.5, 0.6) is 0 Å². The molecule has 0 bridgehead atoms. The van der Waals surface area contributed by atoms with Crippen LogP contribution in [0, 0.1) is 11.3 Å². The molecule has 3 heterocycles. The lowest BCUT2D eigenvalue weighted by Crippen LogP contribution is -2.28. The van der Waals surface area contributed by atoms with E-state index in [1.807, 2.05) is 12.3 Å². The van der Waals surface area contributed by atoms with E-state index in [4.69, 9.17) is 5.26 Å². The first-order valence-electron chi connectivity index (χ1n) is 8.42. The molecule has 0 saturated carbocycles. The number of nitrogens with zero attached hydrogens (tertiary/aromatic N) is 3. The fraction of sp³-hybridized carbons (Fsp3) is 0.300. The number of rotatable bonds is 3. The third kappa shape index (κ3) is 3.19. The molecular formula is C20H19N3S. The van der Waals surface area contributed by atoms with E-state index in [0.29, 0.717) is 5.56 Å². The monoisotopic (exact) mass is 333 g/mol. The second-order valence-electron chi connectivity index (χ2n) is 6.39. The highest BCUT2D eigenvalue weighted by molar-refractivity contribution is 7.22. The van der Waals surface area contributed by atoms with Gasteiger partial charge >= 0.3 is 0 Å². The minimum Gasteiger partial charge on any atom is -0.299 e. The summed E-state index contributed by atoms with van der Waals surface area (Å²) in [7, 11) is 0. The second-order valence-corrected chi connectivity index (χ2v) is 7.48. The molecule has 4 heteroatoms. The first-order valence-corrected chi connectivity index (χ1v) is 9.24. The van der Waals surface area contributed by atoms with Crippen LogP contribution >= 0.6 is 11.3 Å². The molecule has 1 fully saturated rings. The Morgan fingerprint density at radius 2 is 1.96 bits per heavy atom. The van der Waals surface area contributed by atoms with Gasteiger partial charge in [-0.1, -0.05) is 12.5 Å². The summed E-state index contributed by atoms with van der Waals surface area (Å²) in [6, 6.07) is 13.1. The Labute approximate surface area is 146 Å². The highest BCUT2D eigenvalue weighted by Gasteiger charge is 2.11. The summed E-state index contributed by atoms with van der Waals surface area (Å²) in [4.78, 5) is 7.90. The van der Waals surface area contributed by atoms with E-state index in [9.17, 15) is 0 Å². The van der Waals surface area contributed by atoms with Crippen LogP contribution in [-0.2, 0) is 6.54 Å². The lowest BCUT2D eigenvalue weighted by atomic mass is 10.1. The summed E-state index contributed by atoms with van der Waals surface area (Å²) in [6.07, 6.45) is 7.47. The van der Waals surface area contributed by atoms with Gasteiger partial charge in [0.05, 0.1) is 5.56 Å². The van der Waals surface area contributed by atoms with Crippen molar-refractivity contribution in [3.05, 3.63) is 53.9 Å². The van der Waals surface area contributed by atoms with Gasteiger partial charge in [0, 0.05) is 34.1 Å². The van der Waals surface area contributed by atoms with Gasteiger partial charge in [-0.05, 0) is 61.1 Å². The predicted octanol–water partition coefficient (Wildman–Crippen LogP) is 4.82. The molecule has 1 saturated heterocycles. The molecule has 3 nitrogen and oxygen atoms in total. The number of likely N-dealkylation sites (tertiary alicyclic amines) is 1. The van der Waals surface area contributed by atoms with E-state index in [1.54, 1.807) is 17.5 Å². The summed E-state index contributed by atoms with van der Waals surface area (Å²) in [6.45, 7) is 3.49. The van der Waals surface area contributed by atoms with E-state index in [-0.39, 0.29) is 0 Å². The van der Waals surface area contributed by atoms with Crippen molar-refractivity contribution in [1.29, 1.82) is 5.26 Å². The zero-order valence-corrected chi connectivity index (χ0v) is 14.4. The number of hydrogen-bond acceptors (Lipinski definition) is 4. The summed E-state index contributed by atoms with van der Waals surface area (Å²) in [5.41, 5.74) is 3.02. The van der Waals surface area contributed by atoms with Crippen molar-refractivity contribution in [3.63, 3.8) is 0 Å². The van der Waals surface area contributed by atoms with Crippen molar-refractivity contribution in [1.82, 2.24) is 9.88 Å². The van der Waals surface area contributed by atoms with Crippen molar-refractivity contribution >= 4 is 21.4 Å². The average Bonchev–Trinajstić information content (AvgIpc) is 3.06. The van der Waals surface area contributed by atoms with Gasteiger partial charge in [-0.2, -0.15) is 5.26 Å². The standard InChI is InChI=1S/C20H19N3S/c21-11-16-9-18(13-22-12-16)20-10-17-8-15(4-5-19(17)24-20)14-23-6-2-1-3-7-23/h4-5,8-10,12-13H,1-3,6-7,14H2. The van der Waals surface area contributed by atoms with Crippen LogP contribution in [0.25, 0.3) is 20.5 Å². The van der Waals surface area contributed by atoms with Gasteiger partial charge in [0.2, 0.25) is 0 Å². The van der Waals surface area contributed by atoms with Crippen LogP contribution in [0.2, 0.25) is 0 Å². The number of thiophene rings is 1. The molecule has 0 atom stereocenters. The number of benzene rings is 1. The molecule has 0 aliphatic carbocycles. The Balaban J connectivity index is 1.62. The molecule has 3 aromatic rings. The van der Waals surface area contributed by atoms with E-state index in [0.717, 1.165) is 12.1 Å². The molecule has 1 aromatic carbocycles. The number of piperidine rings is 1. The van der Waals surface area contributed by atoms with Gasteiger partial charge in [-0.3, -0.25) is 9.88 Å². The smallest absolute Gasteiger partial charge is 0.101 e. The third-order valence-electron chi connectivity index (χ3n) is 4.59. The SMILES string of the molecule is N#Cc1cncc(-c2cc3cc(CN4CCCCC4)ccc3s2)c1. The fourth-order valence-electron chi connectivity index (χ4n) is 3.34. The Hall–Kier alpha value is -2.22. The number of fused-ring (bicyclic) bond motifs is 1. The number of hydrogen-bond donors (Lipinski definition) is 0. The highest BCUT2D eigenvalue weighted by atomic mass is 32.1. The zero-order valence-electron chi connectivity index (χ0n) is 13.5. The molecule has 0 N–H and O–H groups in total. The molecule has 24 heavy (non-hydrogen) atoms. The van der Waals surface area contributed by atoms with Gasteiger partial charge in [-0.15, -0.1) is 11.3 Å². The molecule has 0 radical (unpaired) electrons. The van der Waals surface area contributed by atoms with Crippen molar-refractivity contribution in [2.45, 2.75) is 25.8 Å². The van der Waals surface area contributed by atoms with Crippen molar-refractivity contribution in [3.8, 4) is 16.5 Å². The van der Waals surface area contributed by atoms with Crippen molar-refractivity contribution < 1.29 is 0 Å². The molecule has 1 aliphatic heterocycles. The summed E-state index contributed by atoms with van der Waals surface area (Å²) >= 11 is 1.76.